The van der Waals surface area contributed by atoms with E-state index in [1.165, 1.54) is 74.3 Å². The van der Waals surface area contributed by atoms with Crippen LogP contribution in [0.4, 0.5) is 0 Å². The predicted molar refractivity (Wildman–Crippen MR) is 112 cm³/mol. The lowest BCUT2D eigenvalue weighted by atomic mass is 9.49. The lowest BCUT2D eigenvalue weighted by Crippen LogP contribution is -2.48. The number of carbonyl (C=O) groups excluding carboxylic acids is 1. The van der Waals surface area contributed by atoms with Crippen LogP contribution in [0.1, 0.15) is 78.7 Å². The summed E-state index contributed by atoms with van der Waals surface area (Å²) < 4.78 is 6.13. The number of thioether (sulfide) groups is 1. The molecule has 5 heteroatoms. The standard InChI is InChI=1S/C24H28N2O2S/c27-21(20-6-5-18-3-1-2-4-19(18)10-20)14-29-23-26-25-22(28-23)24-11-15-7-16(12-24)9-17(8-15)13-24/h5-6,10,15-17H,1-4,7-9,11-14H2. The highest BCUT2D eigenvalue weighted by molar-refractivity contribution is 7.99. The van der Waals surface area contributed by atoms with Crippen LogP contribution in [-0.2, 0) is 18.3 Å². The van der Waals surface area contributed by atoms with Crippen molar-refractivity contribution in [2.45, 2.75) is 74.8 Å². The van der Waals surface area contributed by atoms with Gasteiger partial charge in [0.05, 0.1) is 5.75 Å². The van der Waals surface area contributed by atoms with Crippen LogP contribution in [-0.4, -0.2) is 21.7 Å². The molecule has 152 valence electrons. The molecule has 0 saturated heterocycles. The number of nitrogens with zero attached hydrogens (tertiary/aromatic N) is 2. The smallest absolute Gasteiger partial charge is 0.277 e. The first-order valence-electron chi connectivity index (χ1n) is 11.3. The average Bonchev–Trinajstić information content (AvgIpc) is 3.21. The van der Waals surface area contributed by atoms with Crippen LogP contribution in [0, 0.1) is 17.8 Å². The number of ketones is 1. The van der Waals surface area contributed by atoms with Crippen molar-refractivity contribution in [1.82, 2.24) is 10.2 Å². The monoisotopic (exact) mass is 408 g/mol. The van der Waals surface area contributed by atoms with Crippen LogP contribution in [0.2, 0.25) is 0 Å². The first kappa shape index (κ1) is 18.2. The summed E-state index contributed by atoms with van der Waals surface area (Å²) >= 11 is 1.40. The molecule has 5 aliphatic rings. The van der Waals surface area contributed by atoms with E-state index in [0.717, 1.165) is 42.0 Å². The van der Waals surface area contributed by atoms with E-state index in [2.05, 4.69) is 22.3 Å². The Morgan fingerprint density at radius 1 is 1.00 bits per heavy atom. The number of hydrogen-bond donors (Lipinski definition) is 0. The largest absolute Gasteiger partial charge is 0.415 e. The highest BCUT2D eigenvalue weighted by atomic mass is 32.2. The van der Waals surface area contributed by atoms with E-state index in [-0.39, 0.29) is 11.2 Å². The maximum Gasteiger partial charge on any atom is 0.277 e. The summed E-state index contributed by atoms with van der Waals surface area (Å²) in [5.41, 5.74) is 3.72. The topological polar surface area (TPSA) is 56.0 Å². The van der Waals surface area contributed by atoms with Crippen molar-refractivity contribution in [3.8, 4) is 0 Å². The first-order chi connectivity index (χ1) is 14.2. The Labute approximate surface area is 176 Å². The normalized spacial score (nSPS) is 32.3. The number of carbonyl (C=O) groups is 1. The molecular weight excluding hydrogens is 380 g/mol. The zero-order valence-corrected chi connectivity index (χ0v) is 17.7. The Hall–Kier alpha value is -1.62. The zero-order valence-electron chi connectivity index (χ0n) is 16.9. The molecule has 4 bridgehead atoms. The molecular formula is C24H28N2O2S. The molecule has 0 amide bonds. The molecule has 4 saturated carbocycles. The number of hydrogen-bond acceptors (Lipinski definition) is 5. The summed E-state index contributed by atoms with van der Waals surface area (Å²) in [5, 5.41) is 9.33. The van der Waals surface area contributed by atoms with E-state index < -0.39 is 0 Å². The van der Waals surface area contributed by atoms with Crippen molar-refractivity contribution in [1.29, 1.82) is 0 Å². The van der Waals surface area contributed by atoms with Crippen molar-refractivity contribution in [3.05, 3.63) is 40.8 Å². The quantitative estimate of drug-likeness (QED) is 0.490. The van der Waals surface area contributed by atoms with E-state index in [1.807, 2.05) is 6.07 Å². The Bertz CT molecular complexity index is 915. The summed E-state index contributed by atoms with van der Waals surface area (Å²) in [6.45, 7) is 0. The van der Waals surface area contributed by atoms with Crippen LogP contribution < -0.4 is 0 Å². The number of aryl methyl sites for hydroxylation is 2. The average molecular weight is 409 g/mol. The fraction of sp³-hybridized carbons (Fsp3) is 0.625. The van der Waals surface area contributed by atoms with Gasteiger partial charge < -0.3 is 4.42 Å². The summed E-state index contributed by atoms with van der Waals surface area (Å²) in [6.07, 6.45) is 12.6. The van der Waals surface area contributed by atoms with E-state index in [0.29, 0.717) is 11.0 Å². The molecule has 0 atom stereocenters. The zero-order chi connectivity index (χ0) is 19.4. The number of benzene rings is 1. The SMILES string of the molecule is O=C(CSc1nnc(C23CC4CC(CC(C4)C2)C3)o1)c1ccc2c(c1)CCCC2. The highest BCUT2D eigenvalue weighted by Crippen LogP contribution is 2.60. The van der Waals surface area contributed by atoms with Gasteiger partial charge >= 0.3 is 0 Å². The molecule has 0 aliphatic heterocycles. The van der Waals surface area contributed by atoms with Crippen molar-refractivity contribution < 1.29 is 9.21 Å². The van der Waals surface area contributed by atoms with Gasteiger partial charge in [-0.2, -0.15) is 0 Å². The molecule has 1 aromatic carbocycles. The van der Waals surface area contributed by atoms with Crippen LogP contribution in [0.25, 0.3) is 0 Å². The minimum absolute atomic E-state index is 0.128. The summed E-state index contributed by atoms with van der Waals surface area (Å²) in [5.74, 6) is 3.93. The van der Waals surface area contributed by atoms with E-state index in [9.17, 15) is 4.79 Å². The van der Waals surface area contributed by atoms with Crippen LogP contribution in [0.15, 0.2) is 27.8 Å². The minimum atomic E-state index is 0.128. The molecule has 4 fully saturated rings. The number of rotatable bonds is 5. The molecule has 2 aromatic rings. The van der Waals surface area contributed by atoms with Gasteiger partial charge in [0.25, 0.3) is 5.22 Å². The van der Waals surface area contributed by atoms with Gasteiger partial charge in [-0.05, 0) is 99.2 Å². The molecule has 1 heterocycles. The second kappa shape index (κ2) is 6.97. The molecule has 0 spiro atoms. The van der Waals surface area contributed by atoms with Gasteiger partial charge in [0.1, 0.15) is 0 Å². The summed E-state index contributed by atoms with van der Waals surface area (Å²) in [4.78, 5) is 12.7. The van der Waals surface area contributed by atoms with Gasteiger partial charge in [0.15, 0.2) is 5.78 Å². The van der Waals surface area contributed by atoms with Crippen LogP contribution in [0.3, 0.4) is 0 Å². The van der Waals surface area contributed by atoms with Crippen LogP contribution >= 0.6 is 11.8 Å². The summed E-state index contributed by atoms with van der Waals surface area (Å²) in [6, 6.07) is 6.23. The molecule has 0 unspecified atom stereocenters. The maximum atomic E-state index is 12.7. The van der Waals surface area contributed by atoms with E-state index in [4.69, 9.17) is 4.42 Å². The van der Waals surface area contributed by atoms with E-state index in [1.54, 1.807) is 0 Å². The fourth-order valence-electron chi connectivity index (χ4n) is 6.97. The molecule has 0 radical (unpaired) electrons. The molecule has 5 aliphatic carbocycles. The maximum absolute atomic E-state index is 12.7. The molecule has 1 aromatic heterocycles. The minimum Gasteiger partial charge on any atom is -0.415 e. The third-order valence-corrected chi connectivity index (χ3v) is 8.71. The number of fused-ring (bicyclic) bond motifs is 1. The van der Waals surface area contributed by atoms with Crippen molar-refractivity contribution in [2.75, 3.05) is 5.75 Å². The lowest BCUT2D eigenvalue weighted by molar-refractivity contribution is -0.0191. The van der Waals surface area contributed by atoms with Gasteiger partial charge in [-0.15, -0.1) is 10.2 Å². The Balaban J connectivity index is 1.14. The predicted octanol–water partition coefficient (Wildman–Crippen LogP) is 5.39. The molecule has 29 heavy (non-hydrogen) atoms. The Kier molecular flexibility index (Phi) is 4.37. The van der Waals surface area contributed by atoms with Crippen molar-refractivity contribution >= 4 is 17.5 Å². The van der Waals surface area contributed by atoms with E-state index >= 15 is 0 Å². The second-order valence-corrected chi connectivity index (χ2v) is 10.9. The summed E-state index contributed by atoms with van der Waals surface area (Å²) in [7, 11) is 0. The van der Waals surface area contributed by atoms with Crippen LogP contribution in [0.5, 0.6) is 0 Å². The molecule has 4 nitrogen and oxygen atoms in total. The Morgan fingerprint density at radius 2 is 1.69 bits per heavy atom. The van der Waals surface area contributed by atoms with Gasteiger partial charge in [-0.3, -0.25) is 4.79 Å². The van der Waals surface area contributed by atoms with Gasteiger partial charge in [-0.1, -0.05) is 23.9 Å². The first-order valence-corrected chi connectivity index (χ1v) is 12.3. The third kappa shape index (κ3) is 3.26. The number of Topliss-reactive ketones (excluding diaryl/α,β-unsaturated/α-hetero) is 1. The molecule has 0 N–H and O–H groups in total. The van der Waals surface area contributed by atoms with Gasteiger partial charge in [-0.25, -0.2) is 0 Å². The Morgan fingerprint density at radius 3 is 2.41 bits per heavy atom. The third-order valence-electron chi connectivity index (χ3n) is 7.90. The van der Waals surface area contributed by atoms with Gasteiger partial charge in [0, 0.05) is 11.0 Å². The fourth-order valence-corrected chi connectivity index (χ4v) is 7.63. The van der Waals surface area contributed by atoms with Crippen molar-refractivity contribution in [2.24, 2.45) is 17.8 Å². The van der Waals surface area contributed by atoms with Gasteiger partial charge in [0.2, 0.25) is 5.89 Å². The number of aromatic nitrogens is 2. The highest BCUT2D eigenvalue weighted by Gasteiger charge is 2.54. The molecule has 7 rings (SSSR count). The second-order valence-electron chi connectivity index (χ2n) is 9.97. The van der Waals surface area contributed by atoms with Crippen molar-refractivity contribution in [3.63, 3.8) is 0 Å². The lowest BCUT2D eigenvalue weighted by Gasteiger charge is -2.55.